The van der Waals surface area contributed by atoms with Crippen molar-refractivity contribution in [2.75, 3.05) is 0 Å². The van der Waals surface area contributed by atoms with E-state index in [4.69, 9.17) is 0 Å². The molecule has 1 unspecified atom stereocenters. The van der Waals surface area contributed by atoms with Gasteiger partial charge in [0.05, 0.1) is 5.56 Å². The quantitative estimate of drug-likeness (QED) is 0.757. The van der Waals surface area contributed by atoms with Gasteiger partial charge < -0.3 is 0 Å². The van der Waals surface area contributed by atoms with Crippen molar-refractivity contribution in [1.82, 2.24) is 14.8 Å². The number of hydrogen-bond donors (Lipinski definition) is 0. The van der Waals surface area contributed by atoms with Gasteiger partial charge in [0.2, 0.25) is 0 Å². The first-order chi connectivity index (χ1) is 8.26. The predicted molar refractivity (Wildman–Crippen MR) is 65.8 cm³/mol. The lowest BCUT2D eigenvalue weighted by atomic mass is 10.1. The number of pyridine rings is 1. The Hall–Kier alpha value is -1.97. The summed E-state index contributed by atoms with van der Waals surface area (Å²) in [5, 5.41) is 4.47. The van der Waals surface area contributed by atoms with Gasteiger partial charge in [0.15, 0.2) is 6.29 Å². The number of nitrogens with zero attached hydrogens (tertiary/aromatic N) is 3. The number of hydrogen-bond acceptors (Lipinski definition) is 3. The first-order valence-corrected chi connectivity index (χ1v) is 5.71. The Kier molecular flexibility index (Phi) is 3.32. The molecule has 0 N–H and O–H groups in total. The highest BCUT2D eigenvalue weighted by atomic mass is 16.1. The summed E-state index contributed by atoms with van der Waals surface area (Å²) in [6.45, 7) is 4.17. The van der Waals surface area contributed by atoms with Gasteiger partial charge in [0.1, 0.15) is 5.69 Å². The summed E-state index contributed by atoms with van der Waals surface area (Å²) >= 11 is 0. The van der Waals surface area contributed by atoms with E-state index < -0.39 is 0 Å². The third kappa shape index (κ3) is 2.25. The standard InChI is InChI=1S/C13H15N3O/c1-3-10(2)16-8-12(9-17)13(15-16)11-5-4-6-14-7-11/h4-10H,3H2,1-2H3. The number of rotatable bonds is 4. The predicted octanol–water partition coefficient (Wildman–Crippen LogP) is 2.73. The molecule has 0 spiro atoms. The average Bonchev–Trinajstić information content (AvgIpc) is 2.83. The van der Waals surface area contributed by atoms with E-state index in [9.17, 15) is 4.79 Å². The number of aromatic nitrogens is 3. The first kappa shape index (κ1) is 11.5. The smallest absolute Gasteiger partial charge is 0.153 e. The van der Waals surface area contributed by atoms with Crippen LogP contribution in [0.25, 0.3) is 11.3 Å². The summed E-state index contributed by atoms with van der Waals surface area (Å²) in [6, 6.07) is 4.04. The second-order valence-corrected chi connectivity index (χ2v) is 4.03. The zero-order valence-corrected chi connectivity index (χ0v) is 10.00. The molecule has 17 heavy (non-hydrogen) atoms. The molecule has 0 fully saturated rings. The fourth-order valence-corrected chi connectivity index (χ4v) is 1.63. The van der Waals surface area contributed by atoms with Gasteiger partial charge >= 0.3 is 0 Å². The molecule has 0 aliphatic rings. The molecule has 88 valence electrons. The Morgan fingerprint density at radius 3 is 2.94 bits per heavy atom. The van der Waals surface area contributed by atoms with Crippen molar-refractivity contribution >= 4 is 6.29 Å². The van der Waals surface area contributed by atoms with Crippen LogP contribution in [-0.2, 0) is 0 Å². The molecular weight excluding hydrogens is 214 g/mol. The molecule has 2 rings (SSSR count). The molecular formula is C13H15N3O. The first-order valence-electron chi connectivity index (χ1n) is 5.71. The molecule has 0 bridgehead atoms. The van der Waals surface area contributed by atoms with Crippen LogP contribution in [-0.4, -0.2) is 21.1 Å². The number of carbonyl (C=O) groups is 1. The SMILES string of the molecule is CCC(C)n1cc(C=O)c(-c2cccnc2)n1. The fraction of sp³-hybridized carbons (Fsp3) is 0.308. The van der Waals surface area contributed by atoms with Crippen LogP contribution < -0.4 is 0 Å². The van der Waals surface area contributed by atoms with Gasteiger partial charge in [0, 0.05) is 30.2 Å². The summed E-state index contributed by atoms with van der Waals surface area (Å²) in [5.74, 6) is 0. The Balaban J connectivity index is 2.47. The van der Waals surface area contributed by atoms with Crippen molar-refractivity contribution in [2.45, 2.75) is 26.3 Å². The maximum atomic E-state index is 11.1. The molecule has 4 heteroatoms. The van der Waals surface area contributed by atoms with Crippen molar-refractivity contribution in [1.29, 1.82) is 0 Å². The maximum absolute atomic E-state index is 11.1. The molecule has 0 aromatic carbocycles. The third-order valence-corrected chi connectivity index (χ3v) is 2.86. The molecule has 1 atom stereocenters. The molecule has 4 nitrogen and oxygen atoms in total. The van der Waals surface area contributed by atoms with E-state index in [1.807, 2.05) is 16.8 Å². The topological polar surface area (TPSA) is 47.8 Å². The second-order valence-electron chi connectivity index (χ2n) is 4.03. The highest BCUT2D eigenvalue weighted by Gasteiger charge is 2.12. The van der Waals surface area contributed by atoms with Crippen molar-refractivity contribution in [3.63, 3.8) is 0 Å². The average molecular weight is 229 g/mol. The zero-order chi connectivity index (χ0) is 12.3. The minimum Gasteiger partial charge on any atom is -0.298 e. The monoisotopic (exact) mass is 229 g/mol. The summed E-state index contributed by atoms with van der Waals surface area (Å²) in [6.07, 6.45) is 7.04. The van der Waals surface area contributed by atoms with Gasteiger partial charge in [0.25, 0.3) is 0 Å². The molecule has 2 aromatic heterocycles. The van der Waals surface area contributed by atoms with Crippen molar-refractivity contribution in [3.05, 3.63) is 36.3 Å². The molecule has 0 amide bonds. The summed E-state index contributed by atoms with van der Waals surface area (Å²) in [4.78, 5) is 15.1. The van der Waals surface area contributed by atoms with E-state index in [1.165, 1.54) is 0 Å². The number of carbonyl (C=O) groups excluding carboxylic acids is 1. The molecule has 2 heterocycles. The molecule has 0 radical (unpaired) electrons. The summed E-state index contributed by atoms with van der Waals surface area (Å²) in [5.41, 5.74) is 2.18. The fourth-order valence-electron chi connectivity index (χ4n) is 1.63. The molecule has 0 aliphatic carbocycles. The van der Waals surface area contributed by atoms with E-state index >= 15 is 0 Å². The zero-order valence-electron chi connectivity index (χ0n) is 10.00. The van der Waals surface area contributed by atoms with Crippen LogP contribution in [0.15, 0.2) is 30.7 Å². The largest absolute Gasteiger partial charge is 0.298 e. The van der Waals surface area contributed by atoms with Crippen LogP contribution >= 0.6 is 0 Å². The molecule has 0 saturated heterocycles. The minimum atomic E-state index is 0.291. The minimum absolute atomic E-state index is 0.291. The normalized spacial score (nSPS) is 12.4. The lowest BCUT2D eigenvalue weighted by molar-refractivity contribution is 0.112. The van der Waals surface area contributed by atoms with E-state index in [1.54, 1.807) is 18.6 Å². The van der Waals surface area contributed by atoms with Gasteiger partial charge in [-0.05, 0) is 25.5 Å². The molecule has 2 aromatic rings. The summed E-state index contributed by atoms with van der Waals surface area (Å²) in [7, 11) is 0. The van der Waals surface area contributed by atoms with Crippen LogP contribution in [0.4, 0.5) is 0 Å². The van der Waals surface area contributed by atoms with Crippen LogP contribution in [0.2, 0.25) is 0 Å². The van der Waals surface area contributed by atoms with E-state index in [-0.39, 0.29) is 0 Å². The third-order valence-electron chi connectivity index (χ3n) is 2.86. The van der Waals surface area contributed by atoms with Gasteiger partial charge in [-0.15, -0.1) is 0 Å². The second kappa shape index (κ2) is 4.91. The van der Waals surface area contributed by atoms with Gasteiger partial charge in [-0.1, -0.05) is 6.92 Å². The highest BCUT2D eigenvalue weighted by Crippen LogP contribution is 2.22. The van der Waals surface area contributed by atoms with Gasteiger partial charge in [-0.3, -0.25) is 14.5 Å². The highest BCUT2D eigenvalue weighted by molar-refractivity contribution is 5.85. The van der Waals surface area contributed by atoms with Crippen molar-refractivity contribution < 1.29 is 4.79 Å². The maximum Gasteiger partial charge on any atom is 0.153 e. The van der Waals surface area contributed by atoms with Crippen molar-refractivity contribution in [2.24, 2.45) is 0 Å². The van der Waals surface area contributed by atoms with E-state index in [0.717, 1.165) is 18.3 Å². The lowest BCUT2D eigenvalue weighted by Gasteiger charge is -2.07. The van der Waals surface area contributed by atoms with Gasteiger partial charge in [-0.25, -0.2) is 0 Å². The van der Waals surface area contributed by atoms with Crippen LogP contribution in [0.5, 0.6) is 0 Å². The van der Waals surface area contributed by atoms with E-state index in [2.05, 4.69) is 23.9 Å². The Labute approximate surface area is 100 Å². The Morgan fingerprint density at radius 1 is 1.53 bits per heavy atom. The van der Waals surface area contributed by atoms with E-state index in [0.29, 0.717) is 17.3 Å². The Bertz CT molecular complexity index is 505. The molecule has 0 saturated carbocycles. The van der Waals surface area contributed by atoms with Crippen LogP contribution in [0.3, 0.4) is 0 Å². The van der Waals surface area contributed by atoms with Gasteiger partial charge in [-0.2, -0.15) is 5.10 Å². The van der Waals surface area contributed by atoms with Crippen LogP contribution in [0.1, 0.15) is 36.7 Å². The lowest BCUT2D eigenvalue weighted by Crippen LogP contribution is -2.04. The van der Waals surface area contributed by atoms with Crippen molar-refractivity contribution in [3.8, 4) is 11.3 Å². The molecule has 0 aliphatic heterocycles. The van der Waals surface area contributed by atoms with Crippen LogP contribution in [0, 0.1) is 0 Å². The number of aldehydes is 1. The Morgan fingerprint density at radius 2 is 2.35 bits per heavy atom. The summed E-state index contributed by atoms with van der Waals surface area (Å²) < 4.78 is 1.84.